The summed E-state index contributed by atoms with van der Waals surface area (Å²) in [6, 6.07) is 0. The molecule has 1 aliphatic heterocycles. The van der Waals surface area contributed by atoms with Crippen molar-refractivity contribution in [1.29, 1.82) is 0 Å². The summed E-state index contributed by atoms with van der Waals surface area (Å²) >= 11 is 0. The van der Waals surface area contributed by atoms with Crippen LogP contribution in [0.15, 0.2) is 17.4 Å². The van der Waals surface area contributed by atoms with E-state index in [0.29, 0.717) is 0 Å². The van der Waals surface area contributed by atoms with Crippen LogP contribution in [-0.2, 0) is 14.3 Å². The normalized spacial score (nSPS) is 24.6. The van der Waals surface area contributed by atoms with E-state index in [1.165, 1.54) is 12.5 Å². The lowest BCUT2D eigenvalue weighted by atomic mass is 10.4. The van der Waals surface area contributed by atoms with Gasteiger partial charge in [-0.05, 0) is 0 Å². The predicted octanol–water partition coefficient (Wildman–Crippen LogP) is -0.152. The summed E-state index contributed by atoms with van der Waals surface area (Å²) in [6.07, 6.45) is 3.82. The zero-order valence-electron chi connectivity index (χ0n) is 8.74. The quantitative estimate of drug-likeness (QED) is 0.617. The van der Waals surface area contributed by atoms with Gasteiger partial charge in [0.05, 0.1) is 6.20 Å². The topological polar surface area (TPSA) is 96.2 Å². The van der Waals surface area contributed by atoms with E-state index < -0.39 is 24.8 Å². The van der Waals surface area contributed by atoms with E-state index in [9.17, 15) is 9.59 Å². The van der Waals surface area contributed by atoms with Crippen LogP contribution < -0.4 is 0 Å². The Morgan fingerprint density at radius 3 is 2.56 bits per heavy atom. The smallest absolute Gasteiger partial charge is 0.360 e. The minimum atomic E-state index is -1.10. The Morgan fingerprint density at radius 2 is 2.12 bits per heavy atom. The second kappa shape index (κ2) is 4.86. The molecule has 1 rings (SSSR count). The van der Waals surface area contributed by atoms with Gasteiger partial charge in [0.2, 0.25) is 6.23 Å². The monoisotopic (exact) mass is 229 g/mol. The molecule has 0 aromatic carbocycles. The van der Waals surface area contributed by atoms with E-state index in [4.69, 9.17) is 14.9 Å². The number of aliphatic imine (C=N–C) groups is 1. The van der Waals surface area contributed by atoms with Crippen molar-refractivity contribution in [3.05, 3.63) is 12.4 Å². The van der Waals surface area contributed by atoms with Crippen LogP contribution in [0.5, 0.6) is 0 Å². The second-order valence-corrected chi connectivity index (χ2v) is 3.41. The number of hydrogen-bond acceptors (Lipinski definition) is 4. The zero-order chi connectivity index (χ0) is 12.2. The van der Waals surface area contributed by atoms with Gasteiger partial charge in [0.25, 0.3) is 0 Å². The van der Waals surface area contributed by atoms with Gasteiger partial charge in [0, 0.05) is 6.92 Å². The molecule has 2 N–H and O–H groups in total. The van der Waals surface area contributed by atoms with Gasteiger partial charge in [-0.15, -0.1) is 0 Å². The Kier molecular flexibility index (Phi) is 3.75. The fourth-order valence-electron chi connectivity index (χ4n) is 1.37. The van der Waals surface area contributed by atoms with E-state index >= 15 is 0 Å². The van der Waals surface area contributed by atoms with Crippen molar-refractivity contribution < 1.29 is 29.0 Å². The summed E-state index contributed by atoms with van der Waals surface area (Å²) < 4.78 is 4.92. The molecule has 16 heavy (non-hydrogen) atoms. The number of carboxylic acid groups (broad SMARTS) is 2. The first kappa shape index (κ1) is 12.3. The van der Waals surface area contributed by atoms with Crippen molar-refractivity contribution in [1.82, 2.24) is 0 Å². The second-order valence-electron chi connectivity index (χ2n) is 3.41. The molecule has 0 amide bonds. The van der Waals surface area contributed by atoms with Crippen molar-refractivity contribution in [3.63, 3.8) is 0 Å². The van der Waals surface area contributed by atoms with Crippen LogP contribution in [0.25, 0.3) is 0 Å². The van der Waals surface area contributed by atoms with Crippen molar-refractivity contribution in [2.45, 2.75) is 13.2 Å². The number of hydrogen-bond donors (Lipinski definition) is 2. The molecule has 0 aliphatic carbocycles. The molecule has 2 atom stereocenters. The average molecular weight is 229 g/mol. The van der Waals surface area contributed by atoms with Gasteiger partial charge in [-0.1, -0.05) is 0 Å². The van der Waals surface area contributed by atoms with E-state index in [2.05, 4.69) is 4.99 Å². The zero-order valence-corrected chi connectivity index (χ0v) is 8.74. The average Bonchev–Trinajstić information content (AvgIpc) is 2.62. The van der Waals surface area contributed by atoms with Crippen LogP contribution in [0.4, 0.5) is 0 Å². The molecular formula is C9H13N2O5+. The first-order chi connectivity index (χ1) is 7.46. The highest BCUT2D eigenvalue weighted by Crippen LogP contribution is 2.17. The lowest BCUT2D eigenvalue weighted by molar-refractivity contribution is -0.826. The van der Waals surface area contributed by atoms with Crippen molar-refractivity contribution in [3.8, 4) is 0 Å². The fourth-order valence-corrected chi connectivity index (χ4v) is 1.37. The van der Waals surface area contributed by atoms with E-state index in [-0.39, 0.29) is 11.0 Å². The van der Waals surface area contributed by atoms with Gasteiger partial charge in [0.1, 0.15) is 6.20 Å². The van der Waals surface area contributed by atoms with Crippen LogP contribution in [-0.4, -0.2) is 52.4 Å². The summed E-state index contributed by atoms with van der Waals surface area (Å²) in [5.41, 5.74) is 0. The summed E-state index contributed by atoms with van der Waals surface area (Å²) in [5.74, 6) is -2.11. The summed E-state index contributed by atoms with van der Waals surface area (Å²) in [5, 5.41) is 17.3. The molecule has 0 aromatic heterocycles. The predicted molar refractivity (Wildman–Crippen MR) is 53.4 cm³/mol. The first-order valence-electron chi connectivity index (χ1n) is 4.60. The molecule has 1 aliphatic rings. The van der Waals surface area contributed by atoms with Gasteiger partial charge in [0.15, 0.2) is 19.5 Å². The molecule has 0 saturated carbocycles. The number of ether oxygens (including phenoxy) is 1. The van der Waals surface area contributed by atoms with E-state index in [1.54, 1.807) is 13.1 Å². The van der Waals surface area contributed by atoms with Crippen LogP contribution in [0, 0.1) is 0 Å². The minimum absolute atomic E-state index is 0.136. The lowest BCUT2D eigenvalue weighted by Gasteiger charge is -2.31. The molecule has 0 fully saturated rings. The number of rotatable bonds is 6. The van der Waals surface area contributed by atoms with Gasteiger partial charge < -0.3 is 14.9 Å². The lowest BCUT2D eigenvalue weighted by Crippen LogP contribution is -2.52. The number of carbonyl (C=O) groups is 2. The highest BCUT2D eigenvalue weighted by molar-refractivity contribution is 5.70. The highest BCUT2D eigenvalue weighted by Gasteiger charge is 2.36. The van der Waals surface area contributed by atoms with E-state index in [0.717, 1.165) is 0 Å². The van der Waals surface area contributed by atoms with Crippen molar-refractivity contribution in [2.24, 2.45) is 4.99 Å². The third-order valence-corrected chi connectivity index (χ3v) is 2.25. The van der Waals surface area contributed by atoms with Gasteiger partial charge in [-0.3, -0.25) is 0 Å². The van der Waals surface area contributed by atoms with Gasteiger partial charge >= 0.3 is 11.9 Å². The molecule has 0 bridgehead atoms. The maximum atomic E-state index is 10.7. The molecule has 7 heteroatoms. The summed E-state index contributed by atoms with van der Waals surface area (Å²) in [4.78, 5) is 24.9. The summed E-state index contributed by atoms with van der Waals surface area (Å²) in [6.45, 7) is 0.900. The largest absolute Gasteiger partial charge is 0.480 e. The third kappa shape index (κ3) is 2.88. The molecule has 1 heterocycles. The molecule has 0 spiro atoms. The molecule has 2 unspecified atom stereocenters. The Labute approximate surface area is 91.9 Å². The highest BCUT2D eigenvalue weighted by atomic mass is 16.5. The fraction of sp³-hybridized carbons (Fsp3) is 0.444. The maximum absolute atomic E-state index is 10.7. The Morgan fingerprint density at radius 1 is 1.44 bits per heavy atom. The standard InChI is InChI=1S/C9H12N2O5/c1-7(16-5-9(14)15)11(4-8(12)13)3-2-10-6-11/h2-3,6-7H,4-5H2,1H3,(H-,12,13,14,15)/p+1. The Balaban J connectivity index is 2.70. The maximum Gasteiger partial charge on any atom is 0.360 e. The Hall–Kier alpha value is -1.73. The molecule has 7 nitrogen and oxygen atoms in total. The number of quaternary nitrogens is 1. The summed E-state index contributed by atoms with van der Waals surface area (Å²) in [7, 11) is 0. The van der Waals surface area contributed by atoms with E-state index in [1.807, 2.05) is 0 Å². The Bertz CT molecular complexity index is 338. The minimum Gasteiger partial charge on any atom is -0.480 e. The molecule has 0 saturated heterocycles. The first-order valence-corrected chi connectivity index (χ1v) is 4.60. The van der Waals surface area contributed by atoms with Crippen LogP contribution in [0.3, 0.4) is 0 Å². The number of carboxylic acids is 2. The molecule has 88 valence electrons. The molecule has 0 aromatic rings. The van der Waals surface area contributed by atoms with Crippen LogP contribution in [0.1, 0.15) is 6.92 Å². The van der Waals surface area contributed by atoms with Crippen LogP contribution >= 0.6 is 0 Å². The SMILES string of the molecule is CC(OCC(=O)O)[N+]1(CC(=O)O)C=CN=C1. The number of nitrogens with zero attached hydrogens (tertiary/aromatic N) is 2. The van der Waals surface area contributed by atoms with Gasteiger partial charge in [-0.2, -0.15) is 0 Å². The molecular weight excluding hydrogens is 216 g/mol. The van der Waals surface area contributed by atoms with Gasteiger partial charge in [-0.25, -0.2) is 19.1 Å². The number of aliphatic carboxylic acids is 2. The third-order valence-electron chi connectivity index (χ3n) is 2.25. The van der Waals surface area contributed by atoms with Crippen molar-refractivity contribution >= 4 is 18.3 Å². The van der Waals surface area contributed by atoms with Crippen LogP contribution in [0.2, 0.25) is 0 Å². The van der Waals surface area contributed by atoms with Crippen molar-refractivity contribution in [2.75, 3.05) is 13.2 Å². The molecule has 0 radical (unpaired) electrons.